The molecule has 2 N–H and O–H groups in total. The van der Waals surface area contributed by atoms with Crippen molar-refractivity contribution >= 4 is 17.8 Å². The molecule has 1 saturated carbocycles. The molecule has 1 aliphatic heterocycles. The third kappa shape index (κ3) is 1.68. The van der Waals surface area contributed by atoms with Crippen LogP contribution in [0.1, 0.15) is 12.1 Å². The highest BCUT2D eigenvalue weighted by Gasteiger charge is 2.61. The first-order valence-electron chi connectivity index (χ1n) is 7.33. The highest BCUT2D eigenvalue weighted by Crippen LogP contribution is 2.52. The number of rotatable bonds is 4. The number of nitrogens with one attached hydrogen (secondary N) is 1. The summed E-state index contributed by atoms with van der Waals surface area (Å²) in [7, 11) is 0. The van der Waals surface area contributed by atoms with Crippen molar-refractivity contribution in [2.45, 2.75) is 18.9 Å². The van der Waals surface area contributed by atoms with Crippen LogP contribution in [-0.4, -0.2) is 43.8 Å². The molecule has 2 aliphatic carbocycles. The van der Waals surface area contributed by atoms with Gasteiger partial charge in [-0.3, -0.25) is 14.5 Å². The minimum Gasteiger partial charge on any atom is -0.480 e. The van der Waals surface area contributed by atoms with Gasteiger partial charge in [0, 0.05) is 18.3 Å². The predicted molar refractivity (Wildman–Crippen MR) is 73.3 cm³/mol. The number of carbonyl (C=O) groups excluding carboxylic acids is 2. The number of likely N-dealkylation sites (tertiary alicyclic amines) is 1. The highest BCUT2D eigenvalue weighted by molar-refractivity contribution is 6.08. The van der Waals surface area contributed by atoms with Gasteiger partial charge in [-0.2, -0.15) is 0 Å². The van der Waals surface area contributed by atoms with Gasteiger partial charge in [0.15, 0.2) is 0 Å². The molecule has 3 unspecified atom stereocenters. The van der Waals surface area contributed by atoms with Crippen LogP contribution in [0.15, 0.2) is 24.7 Å². The number of carboxylic acid groups (broad SMARTS) is 1. The summed E-state index contributed by atoms with van der Waals surface area (Å²) >= 11 is 0. The number of carboxylic acids is 1. The van der Waals surface area contributed by atoms with Gasteiger partial charge in [0.2, 0.25) is 11.8 Å². The number of nitrogens with zero attached hydrogens (tertiary/aromatic N) is 2. The summed E-state index contributed by atoms with van der Waals surface area (Å²) in [6, 6.07) is -1.18. The minimum absolute atomic E-state index is 0.0506. The maximum Gasteiger partial charge on any atom is 0.327 e. The Hall–Kier alpha value is -2.44. The summed E-state index contributed by atoms with van der Waals surface area (Å²) in [4.78, 5) is 44.5. The second-order valence-corrected chi connectivity index (χ2v) is 6.18. The molecule has 7 nitrogen and oxygen atoms in total. The number of aromatic nitrogens is 2. The molecule has 1 saturated heterocycles. The molecule has 4 rings (SSSR count). The van der Waals surface area contributed by atoms with Crippen molar-refractivity contribution in [2.24, 2.45) is 23.7 Å². The third-order valence-corrected chi connectivity index (χ3v) is 5.07. The van der Waals surface area contributed by atoms with E-state index in [9.17, 15) is 19.5 Å². The Balaban J connectivity index is 1.65. The van der Waals surface area contributed by atoms with E-state index in [0.717, 1.165) is 11.3 Å². The quantitative estimate of drug-likeness (QED) is 0.611. The lowest BCUT2D eigenvalue weighted by atomic mass is 9.85. The maximum atomic E-state index is 12.6. The number of fused-ring (bicyclic) bond motifs is 5. The Bertz CT molecular complexity index is 651. The van der Waals surface area contributed by atoms with Crippen molar-refractivity contribution in [3.63, 3.8) is 0 Å². The average molecular weight is 301 g/mol. The van der Waals surface area contributed by atoms with Crippen LogP contribution < -0.4 is 0 Å². The van der Waals surface area contributed by atoms with Gasteiger partial charge >= 0.3 is 5.97 Å². The van der Waals surface area contributed by atoms with Gasteiger partial charge < -0.3 is 10.1 Å². The first-order chi connectivity index (χ1) is 10.6. The van der Waals surface area contributed by atoms with Crippen molar-refractivity contribution in [2.75, 3.05) is 0 Å². The number of aliphatic carboxylic acids is 1. The van der Waals surface area contributed by atoms with Gasteiger partial charge in [0.25, 0.3) is 0 Å². The molecule has 22 heavy (non-hydrogen) atoms. The van der Waals surface area contributed by atoms with Gasteiger partial charge in [-0.05, 0) is 18.3 Å². The standard InChI is InChI=1S/C15H15N3O4/c19-13-11-7-1-2-8(3-7)12(11)14(20)18(13)10(15(21)22)4-9-5-16-6-17-9/h1-2,5-8,10-12H,3-4H2,(H,16,17)(H,21,22)/t7?,8?,10?,11-,12-/m0/s1. The summed E-state index contributed by atoms with van der Waals surface area (Å²) in [5.74, 6) is -2.41. The van der Waals surface area contributed by atoms with E-state index in [1.165, 1.54) is 12.5 Å². The predicted octanol–water partition coefficient (Wildman–Crippen LogP) is 0.212. The molecule has 2 amide bonds. The Morgan fingerprint density at radius 2 is 1.95 bits per heavy atom. The van der Waals surface area contributed by atoms with Crippen molar-refractivity contribution in [3.05, 3.63) is 30.4 Å². The van der Waals surface area contributed by atoms with Gasteiger partial charge in [0.05, 0.1) is 18.2 Å². The van der Waals surface area contributed by atoms with Crippen LogP contribution in [0.5, 0.6) is 0 Å². The summed E-state index contributed by atoms with van der Waals surface area (Å²) in [6.45, 7) is 0. The summed E-state index contributed by atoms with van der Waals surface area (Å²) < 4.78 is 0. The molecule has 2 bridgehead atoms. The van der Waals surface area contributed by atoms with Crippen LogP contribution in [0.4, 0.5) is 0 Å². The fourth-order valence-electron chi connectivity index (χ4n) is 4.13. The van der Waals surface area contributed by atoms with Crippen molar-refractivity contribution in [1.29, 1.82) is 0 Å². The van der Waals surface area contributed by atoms with E-state index in [1.807, 2.05) is 12.2 Å². The van der Waals surface area contributed by atoms with Gasteiger partial charge in [-0.1, -0.05) is 12.2 Å². The van der Waals surface area contributed by atoms with E-state index < -0.39 is 12.0 Å². The Morgan fingerprint density at radius 3 is 2.45 bits per heavy atom. The van der Waals surface area contributed by atoms with Crippen LogP contribution in [0, 0.1) is 23.7 Å². The Kier molecular flexibility index (Phi) is 2.72. The zero-order chi connectivity index (χ0) is 15.4. The fourth-order valence-corrected chi connectivity index (χ4v) is 4.13. The number of imide groups is 1. The van der Waals surface area contributed by atoms with E-state index in [1.54, 1.807) is 0 Å². The molecule has 5 atom stereocenters. The number of carbonyl (C=O) groups is 3. The third-order valence-electron chi connectivity index (χ3n) is 5.07. The number of hydrogen-bond donors (Lipinski definition) is 2. The number of hydrogen-bond acceptors (Lipinski definition) is 4. The molecule has 1 aromatic rings. The molecular formula is C15H15N3O4. The van der Waals surface area contributed by atoms with E-state index in [4.69, 9.17) is 0 Å². The molecule has 1 aromatic heterocycles. The van der Waals surface area contributed by atoms with E-state index in [2.05, 4.69) is 9.97 Å². The van der Waals surface area contributed by atoms with Gasteiger partial charge in [-0.15, -0.1) is 0 Å². The monoisotopic (exact) mass is 301 g/mol. The van der Waals surface area contributed by atoms with Gasteiger partial charge in [-0.25, -0.2) is 9.78 Å². The lowest BCUT2D eigenvalue weighted by Crippen LogP contribution is -2.47. The minimum atomic E-state index is -1.18. The normalized spacial score (nSPS) is 33.5. The van der Waals surface area contributed by atoms with Crippen LogP contribution in [0.3, 0.4) is 0 Å². The zero-order valence-electron chi connectivity index (χ0n) is 11.7. The molecule has 2 fully saturated rings. The number of allylic oxidation sites excluding steroid dienone is 2. The summed E-state index contributed by atoms with van der Waals surface area (Å²) in [5, 5.41) is 9.48. The van der Waals surface area contributed by atoms with Gasteiger partial charge in [0.1, 0.15) is 6.04 Å². The number of amides is 2. The van der Waals surface area contributed by atoms with E-state index in [0.29, 0.717) is 5.69 Å². The van der Waals surface area contributed by atoms with Crippen LogP contribution >= 0.6 is 0 Å². The number of aromatic amines is 1. The summed E-state index contributed by atoms with van der Waals surface area (Å²) in [6.07, 6.45) is 7.82. The number of imidazole rings is 1. The molecule has 114 valence electrons. The Labute approximate surface area is 126 Å². The lowest BCUT2D eigenvalue weighted by Gasteiger charge is -2.24. The fraction of sp³-hybridized carbons (Fsp3) is 0.467. The van der Waals surface area contributed by atoms with Crippen molar-refractivity contribution < 1.29 is 19.5 Å². The van der Waals surface area contributed by atoms with Crippen LogP contribution in [0.2, 0.25) is 0 Å². The molecule has 7 heteroatoms. The first-order valence-corrected chi connectivity index (χ1v) is 7.33. The van der Waals surface area contributed by atoms with Crippen LogP contribution in [-0.2, 0) is 20.8 Å². The Morgan fingerprint density at radius 1 is 1.32 bits per heavy atom. The average Bonchev–Trinajstić information content (AvgIpc) is 3.23. The number of H-pyrrole nitrogens is 1. The topological polar surface area (TPSA) is 103 Å². The smallest absolute Gasteiger partial charge is 0.327 e. The zero-order valence-corrected chi connectivity index (χ0v) is 11.7. The van der Waals surface area contributed by atoms with Crippen molar-refractivity contribution in [1.82, 2.24) is 14.9 Å². The molecule has 3 aliphatic rings. The second-order valence-electron chi connectivity index (χ2n) is 6.18. The first kappa shape index (κ1) is 13.2. The van der Waals surface area contributed by atoms with Crippen molar-refractivity contribution in [3.8, 4) is 0 Å². The van der Waals surface area contributed by atoms with Crippen LogP contribution in [0.25, 0.3) is 0 Å². The molecule has 2 heterocycles. The SMILES string of the molecule is O=C(O)C(Cc1cnc[nH]1)N1C(=O)[C@H]2C3C=CC(C3)[C@@H]2C1=O. The maximum absolute atomic E-state index is 12.6. The molecule has 0 spiro atoms. The highest BCUT2D eigenvalue weighted by atomic mass is 16.4. The van der Waals surface area contributed by atoms with E-state index in [-0.39, 0.29) is 41.9 Å². The molecule has 0 radical (unpaired) electrons. The molecule has 0 aromatic carbocycles. The van der Waals surface area contributed by atoms with E-state index >= 15 is 0 Å². The second kappa shape index (κ2) is 4.53. The summed E-state index contributed by atoms with van der Waals surface area (Å²) in [5.41, 5.74) is 0.589. The molecular weight excluding hydrogens is 286 g/mol. The largest absolute Gasteiger partial charge is 0.480 e. The lowest BCUT2D eigenvalue weighted by molar-refractivity contribution is -0.155.